The molecule has 2 aromatic carbocycles. The maximum absolute atomic E-state index is 12.2. The number of para-hydroxylation sites is 1. The molecule has 0 aromatic heterocycles. The standard InChI is InChI=1S/C20H24N2O2/c1-5-14(3)16-8-6-7-9-18(16)22-20(24)19(23)21-17-11-10-13(2)12-15(17)4/h6-12,14H,5H2,1-4H3,(H,21,23)(H,22,24). The van der Waals surface area contributed by atoms with Crippen molar-refractivity contribution in [2.24, 2.45) is 0 Å². The highest BCUT2D eigenvalue weighted by molar-refractivity contribution is 6.43. The quantitative estimate of drug-likeness (QED) is 0.819. The van der Waals surface area contributed by atoms with Gasteiger partial charge >= 0.3 is 11.8 Å². The van der Waals surface area contributed by atoms with E-state index >= 15 is 0 Å². The van der Waals surface area contributed by atoms with Crippen molar-refractivity contribution in [3.05, 3.63) is 59.2 Å². The minimum absolute atomic E-state index is 0.309. The fraction of sp³-hybridized carbons (Fsp3) is 0.300. The molecule has 1 unspecified atom stereocenters. The molecular weight excluding hydrogens is 300 g/mol. The number of amides is 2. The first-order valence-electron chi connectivity index (χ1n) is 8.21. The topological polar surface area (TPSA) is 58.2 Å². The number of nitrogens with one attached hydrogen (secondary N) is 2. The zero-order chi connectivity index (χ0) is 17.7. The fourth-order valence-electron chi connectivity index (χ4n) is 2.57. The lowest BCUT2D eigenvalue weighted by molar-refractivity contribution is -0.133. The summed E-state index contributed by atoms with van der Waals surface area (Å²) in [6, 6.07) is 13.3. The lowest BCUT2D eigenvalue weighted by atomic mass is 9.97. The monoisotopic (exact) mass is 324 g/mol. The van der Waals surface area contributed by atoms with E-state index in [1.165, 1.54) is 0 Å². The number of hydrogen-bond acceptors (Lipinski definition) is 2. The van der Waals surface area contributed by atoms with E-state index in [4.69, 9.17) is 0 Å². The molecule has 4 heteroatoms. The molecule has 126 valence electrons. The Bertz CT molecular complexity index is 753. The summed E-state index contributed by atoms with van der Waals surface area (Å²) in [5.74, 6) is -1.02. The van der Waals surface area contributed by atoms with Gasteiger partial charge in [0.25, 0.3) is 0 Å². The van der Waals surface area contributed by atoms with Gasteiger partial charge in [0.2, 0.25) is 0 Å². The molecule has 2 aromatic rings. The van der Waals surface area contributed by atoms with Gasteiger partial charge < -0.3 is 10.6 Å². The van der Waals surface area contributed by atoms with Crippen LogP contribution in [0.15, 0.2) is 42.5 Å². The normalized spacial score (nSPS) is 11.7. The third kappa shape index (κ3) is 4.22. The average molecular weight is 324 g/mol. The van der Waals surface area contributed by atoms with Crippen LogP contribution < -0.4 is 10.6 Å². The van der Waals surface area contributed by atoms with Crippen molar-refractivity contribution in [1.29, 1.82) is 0 Å². The number of aryl methyl sites for hydroxylation is 2. The van der Waals surface area contributed by atoms with Crippen LogP contribution in [0.25, 0.3) is 0 Å². The van der Waals surface area contributed by atoms with Crippen LogP contribution in [-0.2, 0) is 9.59 Å². The minimum Gasteiger partial charge on any atom is -0.318 e. The number of anilines is 2. The summed E-state index contributed by atoms with van der Waals surface area (Å²) >= 11 is 0. The molecule has 0 aliphatic rings. The molecule has 0 bridgehead atoms. The number of benzene rings is 2. The number of carbonyl (C=O) groups excluding carboxylic acids is 2. The Hall–Kier alpha value is -2.62. The summed E-state index contributed by atoms with van der Waals surface area (Å²) in [7, 11) is 0. The average Bonchev–Trinajstić information content (AvgIpc) is 2.57. The summed E-state index contributed by atoms with van der Waals surface area (Å²) in [4.78, 5) is 24.4. The third-order valence-corrected chi connectivity index (χ3v) is 4.19. The molecular formula is C20H24N2O2. The number of hydrogen-bond donors (Lipinski definition) is 2. The predicted octanol–water partition coefficient (Wildman–Crippen LogP) is 4.39. The van der Waals surface area contributed by atoms with Crippen molar-refractivity contribution < 1.29 is 9.59 Å². The minimum atomic E-state index is -0.666. The summed E-state index contributed by atoms with van der Waals surface area (Å²) in [5.41, 5.74) is 4.41. The van der Waals surface area contributed by atoms with Gasteiger partial charge in [-0.1, -0.05) is 49.7 Å². The van der Waals surface area contributed by atoms with E-state index < -0.39 is 11.8 Å². The third-order valence-electron chi connectivity index (χ3n) is 4.19. The van der Waals surface area contributed by atoms with Gasteiger partial charge in [0.1, 0.15) is 0 Å². The van der Waals surface area contributed by atoms with Gasteiger partial charge in [0.15, 0.2) is 0 Å². The molecule has 4 nitrogen and oxygen atoms in total. The molecule has 0 heterocycles. The first-order valence-corrected chi connectivity index (χ1v) is 8.21. The SMILES string of the molecule is CCC(C)c1ccccc1NC(=O)C(=O)Nc1ccc(C)cc1C. The van der Waals surface area contributed by atoms with Gasteiger partial charge in [-0.3, -0.25) is 9.59 Å². The molecule has 0 fully saturated rings. The van der Waals surface area contributed by atoms with Crippen molar-refractivity contribution in [2.45, 2.75) is 40.0 Å². The van der Waals surface area contributed by atoms with E-state index in [2.05, 4.69) is 24.5 Å². The second-order valence-electron chi connectivity index (χ2n) is 6.12. The van der Waals surface area contributed by atoms with Gasteiger partial charge in [-0.2, -0.15) is 0 Å². The van der Waals surface area contributed by atoms with Crippen molar-refractivity contribution in [3.63, 3.8) is 0 Å². The zero-order valence-electron chi connectivity index (χ0n) is 14.6. The molecule has 0 aliphatic heterocycles. The van der Waals surface area contributed by atoms with Crippen LogP contribution in [0.3, 0.4) is 0 Å². The summed E-state index contributed by atoms with van der Waals surface area (Å²) in [6.45, 7) is 8.08. The Balaban J connectivity index is 2.11. The molecule has 1 atom stereocenters. The lowest BCUT2D eigenvalue weighted by Crippen LogP contribution is -2.29. The van der Waals surface area contributed by atoms with Crippen LogP contribution in [0.5, 0.6) is 0 Å². The van der Waals surface area contributed by atoms with Crippen LogP contribution in [0.4, 0.5) is 11.4 Å². The molecule has 0 aliphatic carbocycles. The maximum Gasteiger partial charge on any atom is 0.314 e. The molecule has 0 spiro atoms. The highest BCUT2D eigenvalue weighted by Crippen LogP contribution is 2.26. The van der Waals surface area contributed by atoms with E-state index in [1.54, 1.807) is 0 Å². The van der Waals surface area contributed by atoms with Gasteiger partial charge in [0, 0.05) is 11.4 Å². The van der Waals surface area contributed by atoms with Crippen molar-refractivity contribution >= 4 is 23.2 Å². The Kier molecular flexibility index (Phi) is 5.74. The van der Waals surface area contributed by atoms with Gasteiger partial charge in [-0.15, -0.1) is 0 Å². The molecule has 0 radical (unpaired) electrons. The van der Waals surface area contributed by atoms with E-state index in [-0.39, 0.29) is 0 Å². The van der Waals surface area contributed by atoms with E-state index in [0.29, 0.717) is 17.3 Å². The van der Waals surface area contributed by atoms with Gasteiger partial charge in [-0.05, 0) is 49.4 Å². The van der Waals surface area contributed by atoms with Crippen molar-refractivity contribution in [1.82, 2.24) is 0 Å². The predicted molar refractivity (Wildman–Crippen MR) is 98.3 cm³/mol. The molecule has 2 rings (SSSR count). The van der Waals surface area contributed by atoms with Crippen LogP contribution >= 0.6 is 0 Å². The number of rotatable bonds is 4. The Morgan fingerprint density at radius 3 is 2.21 bits per heavy atom. The first kappa shape index (κ1) is 17.7. The lowest BCUT2D eigenvalue weighted by Gasteiger charge is -2.15. The highest BCUT2D eigenvalue weighted by Gasteiger charge is 2.17. The maximum atomic E-state index is 12.2. The van der Waals surface area contributed by atoms with Crippen LogP contribution in [0, 0.1) is 13.8 Å². The Morgan fingerprint density at radius 2 is 1.58 bits per heavy atom. The van der Waals surface area contributed by atoms with Gasteiger partial charge in [-0.25, -0.2) is 0 Å². The highest BCUT2D eigenvalue weighted by atomic mass is 16.2. The molecule has 0 saturated heterocycles. The number of carbonyl (C=O) groups is 2. The van der Waals surface area contributed by atoms with Gasteiger partial charge in [0.05, 0.1) is 0 Å². The van der Waals surface area contributed by atoms with Crippen molar-refractivity contribution in [3.8, 4) is 0 Å². The summed E-state index contributed by atoms with van der Waals surface area (Å²) in [6.07, 6.45) is 0.960. The largest absolute Gasteiger partial charge is 0.318 e. The summed E-state index contributed by atoms with van der Waals surface area (Å²) in [5, 5.41) is 5.39. The van der Waals surface area contributed by atoms with Crippen molar-refractivity contribution in [2.75, 3.05) is 10.6 Å². The second kappa shape index (κ2) is 7.77. The van der Waals surface area contributed by atoms with Crippen LogP contribution in [-0.4, -0.2) is 11.8 Å². The molecule has 2 amide bonds. The summed E-state index contributed by atoms with van der Waals surface area (Å²) < 4.78 is 0. The Labute approximate surface area is 143 Å². The fourth-order valence-corrected chi connectivity index (χ4v) is 2.57. The van der Waals surface area contributed by atoms with Crippen LogP contribution in [0.1, 0.15) is 42.9 Å². The second-order valence-corrected chi connectivity index (χ2v) is 6.12. The van der Waals surface area contributed by atoms with E-state index in [9.17, 15) is 9.59 Å². The van der Waals surface area contributed by atoms with E-state index in [0.717, 1.165) is 23.1 Å². The molecule has 2 N–H and O–H groups in total. The zero-order valence-corrected chi connectivity index (χ0v) is 14.6. The smallest absolute Gasteiger partial charge is 0.314 e. The first-order chi connectivity index (χ1) is 11.4. The van der Waals surface area contributed by atoms with Crippen LogP contribution in [0.2, 0.25) is 0 Å². The molecule has 0 saturated carbocycles. The molecule has 24 heavy (non-hydrogen) atoms. The Morgan fingerprint density at radius 1 is 0.958 bits per heavy atom. The van der Waals surface area contributed by atoms with E-state index in [1.807, 2.05) is 56.3 Å².